The molecule has 126 valence electrons. The van der Waals surface area contributed by atoms with Crippen molar-refractivity contribution in [3.8, 4) is 0 Å². The third kappa shape index (κ3) is 3.88. The standard InChI is InChI=1S/C15H27N3O2S2/c1-5-13(14-16-8-11-21-14)17-12-6-9-18(10-7-12)22(19,20)15(2,3)4/h8,11-13,17H,5-7,9-10H2,1-4H3. The molecule has 22 heavy (non-hydrogen) atoms. The lowest BCUT2D eigenvalue weighted by Gasteiger charge is -2.36. The molecule has 5 nitrogen and oxygen atoms in total. The second kappa shape index (κ2) is 6.95. The van der Waals surface area contributed by atoms with Crippen LogP contribution in [-0.4, -0.2) is 41.6 Å². The Labute approximate surface area is 138 Å². The Balaban J connectivity index is 1.93. The summed E-state index contributed by atoms with van der Waals surface area (Å²) in [6.07, 6.45) is 4.55. The van der Waals surface area contributed by atoms with Crippen molar-refractivity contribution in [2.75, 3.05) is 13.1 Å². The van der Waals surface area contributed by atoms with E-state index in [9.17, 15) is 8.42 Å². The number of rotatable bonds is 5. The lowest BCUT2D eigenvalue weighted by atomic mass is 10.0. The molecule has 0 saturated carbocycles. The van der Waals surface area contributed by atoms with Gasteiger partial charge in [0, 0.05) is 30.7 Å². The van der Waals surface area contributed by atoms with Crippen molar-refractivity contribution < 1.29 is 8.42 Å². The van der Waals surface area contributed by atoms with Gasteiger partial charge in [0.05, 0.1) is 10.8 Å². The molecule has 1 saturated heterocycles. The molecule has 0 aliphatic carbocycles. The Bertz CT molecular complexity index is 556. The van der Waals surface area contributed by atoms with Gasteiger partial charge >= 0.3 is 0 Å². The lowest BCUT2D eigenvalue weighted by Crippen LogP contribution is -2.50. The second-order valence-corrected chi connectivity index (χ2v) is 10.4. The van der Waals surface area contributed by atoms with Crippen molar-refractivity contribution in [1.82, 2.24) is 14.6 Å². The average Bonchev–Trinajstić information content (AvgIpc) is 2.98. The van der Waals surface area contributed by atoms with E-state index in [1.807, 2.05) is 11.6 Å². The molecule has 0 bridgehead atoms. The maximum atomic E-state index is 12.5. The fraction of sp³-hybridized carbons (Fsp3) is 0.800. The van der Waals surface area contributed by atoms with Gasteiger partial charge in [0.15, 0.2) is 0 Å². The maximum absolute atomic E-state index is 12.5. The number of nitrogens with one attached hydrogen (secondary N) is 1. The number of hydrogen-bond acceptors (Lipinski definition) is 5. The van der Waals surface area contributed by atoms with Crippen LogP contribution in [0.25, 0.3) is 0 Å². The SMILES string of the molecule is CCC(NC1CCN(S(=O)(=O)C(C)(C)C)CC1)c1nccs1. The molecule has 1 aliphatic rings. The Morgan fingerprint density at radius 1 is 1.41 bits per heavy atom. The minimum Gasteiger partial charge on any atom is -0.305 e. The zero-order chi connectivity index (χ0) is 16.4. The van der Waals surface area contributed by atoms with E-state index in [2.05, 4.69) is 17.2 Å². The third-order valence-corrected chi connectivity index (χ3v) is 7.64. The molecule has 1 N–H and O–H groups in total. The molecular formula is C15H27N3O2S2. The van der Waals surface area contributed by atoms with Gasteiger partial charge < -0.3 is 5.32 Å². The van der Waals surface area contributed by atoms with E-state index in [-0.39, 0.29) is 6.04 Å². The van der Waals surface area contributed by atoms with Gasteiger partial charge in [0.25, 0.3) is 0 Å². The summed E-state index contributed by atoms with van der Waals surface area (Å²) in [4.78, 5) is 4.39. The predicted octanol–water partition coefficient (Wildman–Crippen LogP) is 2.78. The highest BCUT2D eigenvalue weighted by Crippen LogP contribution is 2.26. The van der Waals surface area contributed by atoms with Crippen LogP contribution in [0.5, 0.6) is 0 Å². The Hall–Kier alpha value is -0.500. The van der Waals surface area contributed by atoms with E-state index in [1.165, 1.54) is 0 Å². The van der Waals surface area contributed by atoms with Crippen LogP contribution in [0.4, 0.5) is 0 Å². The molecule has 1 fully saturated rings. The van der Waals surface area contributed by atoms with E-state index >= 15 is 0 Å². The summed E-state index contributed by atoms with van der Waals surface area (Å²) in [7, 11) is -3.20. The van der Waals surface area contributed by atoms with Gasteiger partial charge in [-0.15, -0.1) is 11.3 Å². The molecule has 2 heterocycles. The first-order valence-electron chi connectivity index (χ1n) is 7.91. The van der Waals surface area contributed by atoms with Gasteiger partial charge in [-0.25, -0.2) is 17.7 Å². The lowest BCUT2D eigenvalue weighted by molar-refractivity contribution is 0.267. The number of nitrogens with zero attached hydrogens (tertiary/aromatic N) is 2. The fourth-order valence-corrected chi connectivity index (χ4v) is 4.95. The molecule has 1 atom stereocenters. The van der Waals surface area contributed by atoms with Crippen LogP contribution in [0.1, 0.15) is 58.0 Å². The van der Waals surface area contributed by atoms with Gasteiger partial charge in [-0.05, 0) is 40.0 Å². The normalized spacial score (nSPS) is 20.2. The van der Waals surface area contributed by atoms with Crippen molar-refractivity contribution in [3.05, 3.63) is 16.6 Å². The first kappa shape index (κ1) is 17.8. The molecule has 0 radical (unpaired) electrons. The highest BCUT2D eigenvalue weighted by atomic mass is 32.2. The van der Waals surface area contributed by atoms with Gasteiger partial charge in [-0.1, -0.05) is 6.92 Å². The molecule has 0 amide bonds. The topological polar surface area (TPSA) is 62.3 Å². The van der Waals surface area contributed by atoms with Crippen molar-refractivity contribution >= 4 is 21.4 Å². The second-order valence-electron chi connectivity index (χ2n) is 6.79. The van der Waals surface area contributed by atoms with Gasteiger partial charge in [-0.3, -0.25) is 0 Å². The first-order valence-corrected chi connectivity index (χ1v) is 10.2. The quantitative estimate of drug-likeness (QED) is 0.891. The molecule has 1 aromatic rings. The Kier molecular flexibility index (Phi) is 5.63. The molecule has 0 spiro atoms. The number of thiazole rings is 1. The zero-order valence-electron chi connectivity index (χ0n) is 13.9. The molecule has 1 aromatic heterocycles. The van der Waals surface area contributed by atoms with Crippen molar-refractivity contribution in [2.24, 2.45) is 0 Å². The number of piperidine rings is 1. The van der Waals surface area contributed by atoms with Gasteiger partial charge in [0.1, 0.15) is 5.01 Å². The van der Waals surface area contributed by atoms with Gasteiger partial charge in [-0.2, -0.15) is 0 Å². The average molecular weight is 346 g/mol. The van der Waals surface area contributed by atoms with Gasteiger partial charge in [0.2, 0.25) is 10.0 Å². The number of aromatic nitrogens is 1. The van der Waals surface area contributed by atoms with E-state index in [4.69, 9.17) is 0 Å². The molecule has 2 rings (SSSR count). The van der Waals surface area contributed by atoms with E-state index in [1.54, 1.807) is 36.4 Å². The van der Waals surface area contributed by atoms with Crippen LogP contribution < -0.4 is 5.32 Å². The number of hydrogen-bond donors (Lipinski definition) is 1. The third-order valence-electron chi connectivity index (χ3n) is 4.16. The number of sulfonamides is 1. The summed E-state index contributed by atoms with van der Waals surface area (Å²) in [6, 6.07) is 0.635. The maximum Gasteiger partial charge on any atom is 0.219 e. The van der Waals surface area contributed by atoms with E-state index in [0.29, 0.717) is 19.1 Å². The van der Waals surface area contributed by atoms with Crippen LogP contribution in [0.3, 0.4) is 0 Å². The van der Waals surface area contributed by atoms with E-state index < -0.39 is 14.8 Å². The van der Waals surface area contributed by atoms with Crippen molar-refractivity contribution in [2.45, 2.75) is 63.8 Å². The van der Waals surface area contributed by atoms with Crippen LogP contribution in [0, 0.1) is 0 Å². The first-order chi connectivity index (χ1) is 10.3. The Morgan fingerprint density at radius 2 is 2.05 bits per heavy atom. The molecule has 7 heteroatoms. The highest BCUT2D eigenvalue weighted by Gasteiger charge is 2.37. The minimum atomic E-state index is -3.20. The van der Waals surface area contributed by atoms with Crippen molar-refractivity contribution in [3.63, 3.8) is 0 Å². The smallest absolute Gasteiger partial charge is 0.219 e. The summed E-state index contributed by atoms with van der Waals surface area (Å²) < 4.78 is 25.9. The monoisotopic (exact) mass is 345 g/mol. The minimum absolute atomic E-state index is 0.274. The fourth-order valence-electron chi connectivity index (χ4n) is 2.70. The summed E-state index contributed by atoms with van der Waals surface area (Å²) >= 11 is 1.67. The summed E-state index contributed by atoms with van der Waals surface area (Å²) in [5.41, 5.74) is 0. The highest BCUT2D eigenvalue weighted by molar-refractivity contribution is 7.90. The van der Waals surface area contributed by atoms with Crippen LogP contribution >= 0.6 is 11.3 Å². The summed E-state index contributed by atoms with van der Waals surface area (Å²) in [6.45, 7) is 8.65. The summed E-state index contributed by atoms with van der Waals surface area (Å²) in [5.74, 6) is 0. The van der Waals surface area contributed by atoms with E-state index in [0.717, 1.165) is 24.3 Å². The van der Waals surface area contributed by atoms with Crippen LogP contribution in [0.2, 0.25) is 0 Å². The van der Waals surface area contributed by atoms with Crippen molar-refractivity contribution in [1.29, 1.82) is 0 Å². The molecule has 0 aromatic carbocycles. The molecule has 1 aliphatic heterocycles. The zero-order valence-corrected chi connectivity index (χ0v) is 15.5. The summed E-state index contributed by atoms with van der Waals surface area (Å²) in [5, 5.41) is 6.76. The van der Waals surface area contributed by atoms with Crippen LogP contribution in [-0.2, 0) is 10.0 Å². The molecular weight excluding hydrogens is 318 g/mol. The van der Waals surface area contributed by atoms with Crippen LogP contribution in [0.15, 0.2) is 11.6 Å². The molecule has 1 unspecified atom stereocenters. The Morgan fingerprint density at radius 3 is 2.50 bits per heavy atom. The predicted molar refractivity (Wildman–Crippen MR) is 91.5 cm³/mol. The largest absolute Gasteiger partial charge is 0.305 e.